The molecule has 1 atom stereocenters. The number of carbonyl (C=O) groups excluding carboxylic acids is 1. The van der Waals surface area contributed by atoms with Gasteiger partial charge in [-0.15, -0.1) is 11.6 Å². The Morgan fingerprint density at radius 2 is 2.20 bits per heavy atom. The molecule has 1 fully saturated rings. The van der Waals surface area contributed by atoms with Crippen LogP contribution in [0.1, 0.15) is 13.3 Å². The maximum atomic E-state index is 11.7. The molecular weight excluding hydrogens is 285 g/mol. The van der Waals surface area contributed by atoms with E-state index in [1.807, 2.05) is 6.92 Å². The van der Waals surface area contributed by atoms with Crippen LogP contribution in [0.15, 0.2) is 0 Å². The average Bonchev–Trinajstić information content (AvgIpc) is 2.29. The van der Waals surface area contributed by atoms with Gasteiger partial charge in [0.15, 0.2) is 0 Å². The van der Waals surface area contributed by atoms with Crippen molar-refractivity contribution in [2.24, 2.45) is 0 Å². The number of halogens is 2. The Labute approximate surface area is 103 Å². The molecule has 1 heterocycles. The van der Waals surface area contributed by atoms with Crippen LogP contribution in [-0.2, 0) is 14.3 Å². The zero-order chi connectivity index (χ0) is 11.3. The van der Waals surface area contributed by atoms with Crippen LogP contribution in [-0.4, -0.2) is 42.2 Å². The van der Waals surface area contributed by atoms with Gasteiger partial charge in [0.05, 0.1) is 18.8 Å². The highest BCUT2D eigenvalue weighted by molar-refractivity contribution is 9.10. The van der Waals surface area contributed by atoms with E-state index in [0.717, 1.165) is 6.42 Å². The zero-order valence-corrected chi connectivity index (χ0v) is 10.9. The van der Waals surface area contributed by atoms with Gasteiger partial charge in [-0.1, -0.05) is 22.9 Å². The highest BCUT2D eigenvalue weighted by Gasteiger charge is 2.34. The van der Waals surface area contributed by atoms with E-state index in [9.17, 15) is 4.79 Å². The Morgan fingerprint density at radius 3 is 2.67 bits per heavy atom. The van der Waals surface area contributed by atoms with E-state index in [2.05, 4.69) is 21.2 Å². The summed E-state index contributed by atoms with van der Waals surface area (Å²) in [5.41, 5.74) is -0.409. The fourth-order valence-corrected chi connectivity index (χ4v) is 1.60. The van der Waals surface area contributed by atoms with Gasteiger partial charge in [-0.05, 0) is 6.42 Å². The summed E-state index contributed by atoms with van der Waals surface area (Å²) in [4.78, 5) is 11.3. The van der Waals surface area contributed by atoms with Crippen LogP contribution in [0, 0.1) is 0 Å². The van der Waals surface area contributed by atoms with Crippen molar-refractivity contribution in [1.29, 1.82) is 0 Å². The number of carbonyl (C=O) groups is 1. The van der Waals surface area contributed by atoms with Crippen molar-refractivity contribution in [3.05, 3.63) is 0 Å². The molecule has 0 bridgehead atoms. The number of hydrogen-bond acceptors (Lipinski definition) is 3. The molecule has 1 aliphatic rings. The number of hydrogen-bond donors (Lipinski definition) is 1. The SMILES string of the molecule is CCC1(NC(=O)C(Br)CCl)COCOC1. The second-order valence-corrected chi connectivity index (χ2v) is 4.97. The minimum atomic E-state index is -0.409. The largest absolute Gasteiger partial charge is 0.353 e. The standard InChI is InChI=1S/C9H15BrClNO3/c1-2-9(4-14-6-15-5-9)12-8(13)7(10)3-11/h7H,2-6H2,1H3,(H,12,13). The summed E-state index contributed by atoms with van der Waals surface area (Å²) in [5.74, 6) is 0.119. The number of nitrogens with one attached hydrogen (secondary N) is 1. The van der Waals surface area contributed by atoms with Gasteiger partial charge in [-0.25, -0.2) is 0 Å². The summed E-state index contributed by atoms with van der Waals surface area (Å²) in [6, 6.07) is 0. The lowest BCUT2D eigenvalue weighted by molar-refractivity contribution is -0.152. The second-order valence-electron chi connectivity index (χ2n) is 3.56. The van der Waals surface area contributed by atoms with Crippen LogP contribution in [0.5, 0.6) is 0 Å². The van der Waals surface area contributed by atoms with E-state index in [-0.39, 0.29) is 16.6 Å². The maximum Gasteiger partial charge on any atom is 0.235 e. The molecule has 88 valence electrons. The highest BCUT2D eigenvalue weighted by Crippen LogP contribution is 2.17. The summed E-state index contributed by atoms with van der Waals surface area (Å²) in [5, 5.41) is 2.91. The minimum Gasteiger partial charge on any atom is -0.353 e. The van der Waals surface area contributed by atoms with Gasteiger partial charge in [0.1, 0.15) is 11.6 Å². The second kappa shape index (κ2) is 6.03. The molecule has 1 unspecified atom stereocenters. The minimum absolute atomic E-state index is 0.124. The summed E-state index contributed by atoms with van der Waals surface area (Å²) >= 11 is 8.78. The van der Waals surface area contributed by atoms with Crippen molar-refractivity contribution in [3.63, 3.8) is 0 Å². The first-order chi connectivity index (χ1) is 7.13. The fourth-order valence-electron chi connectivity index (χ4n) is 1.35. The summed E-state index contributed by atoms with van der Waals surface area (Å²) in [7, 11) is 0. The van der Waals surface area contributed by atoms with Crippen molar-refractivity contribution >= 4 is 33.4 Å². The van der Waals surface area contributed by atoms with Gasteiger partial charge in [0, 0.05) is 5.88 Å². The molecule has 0 aromatic rings. The normalized spacial score (nSPS) is 22.1. The van der Waals surface area contributed by atoms with Crippen LogP contribution in [0.25, 0.3) is 0 Å². The molecule has 6 heteroatoms. The Balaban J connectivity index is 2.55. The molecule has 1 saturated heterocycles. The first kappa shape index (κ1) is 13.2. The Bertz CT molecular complexity index is 221. The van der Waals surface area contributed by atoms with Crippen LogP contribution in [0.4, 0.5) is 0 Å². The zero-order valence-electron chi connectivity index (χ0n) is 8.59. The average molecular weight is 301 g/mol. The van der Waals surface area contributed by atoms with E-state index in [1.165, 1.54) is 0 Å². The Hall–Kier alpha value is 0.160. The monoisotopic (exact) mass is 299 g/mol. The number of rotatable bonds is 4. The molecule has 0 aromatic carbocycles. The van der Waals surface area contributed by atoms with E-state index in [1.54, 1.807) is 0 Å². The maximum absolute atomic E-state index is 11.7. The van der Waals surface area contributed by atoms with Gasteiger partial charge >= 0.3 is 0 Å². The predicted octanol–water partition coefficient (Wildman–Crippen LogP) is 1.26. The van der Waals surface area contributed by atoms with E-state index >= 15 is 0 Å². The number of ether oxygens (including phenoxy) is 2. The van der Waals surface area contributed by atoms with E-state index < -0.39 is 5.54 Å². The van der Waals surface area contributed by atoms with Gasteiger partial charge in [0.25, 0.3) is 0 Å². The quantitative estimate of drug-likeness (QED) is 0.795. The molecule has 15 heavy (non-hydrogen) atoms. The summed E-state index contributed by atoms with van der Waals surface area (Å²) in [6.45, 7) is 3.25. The molecule has 1 amide bonds. The third-order valence-electron chi connectivity index (χ3n) is 2.41. The van der Waals surface area contributed by atoms with Crippen molar-refractivity contribution in [1.82, 2.24) is 5.32 Å². The molecular formula is C9H15BrClNO3. The number of alkyl halides is 2. The molecule has 0 saturated carbocycles. The molecule has 1 rings (SSSR count). The first-order valence-electron chi connectivity index (χ1n) is 4.81. The lowest BCUT2D eigenvalue weighted by atomic mass is 9.97. The fraction of sp³-hybridized carbons (Fsp3) is 0.889. The van der Waals surface area contributed by atoms with E-state index in [0.29, 0.717) is 20.0 Å². The molecule has 1 aliphatic heterocycles. The van der Waals surface area contributed by atoms with Gasteiger partial charge in [0.2, 0.25) is 5.91 Å². The van der Waals surface area contributed by atoms with Crippen molar-refractivity contribution in [3.8, 4) is 0 Å². The molecule has 1 N–H and O–H groups in total. The highest BCUT2D eigenvalue weighted by atomic mass is 79.9. The van der Waals surface area contributed by atoms with Crippen LogP contribution >= 0.6 is 27.5 Å². The van der Waals surface area contributed by atoms with Gasteiger partial charge < -0.3 is 14.8 Å². The van der Waals surface area contributed by atoms with Crippen LogP contribution < -0.4 is 5.32 Å². The smallest absolute Gasteiger partial charge is 0.235 e. The molecule has 4 nitrogen and oxygen atoms in total. The molecule has 0 spiro atoms. The van der Waals surface area contributed by atoms with Gasteiger partial charge in [-0.3, -0.25) is 4.79 Å². The van der Waals surface area contributed by atoms with E-state index in [4.69, 9.17) is 21.1 Å². The lowest BCUT2D eigenvalue weighted by Crippen LogP contribution is -2.58. The predicted molar refractivity (Wildman–Crippen MR) is 61.4 cm³/mol. The summed E-state index contributed by atoms with van der Waals surface area (Å²) < 4.78 is 10.4. The van der Waals surface area contributed by atoms with Crippen molar-refractivity contribution < 1.29 is 14.3 Å². The Kier molecular flexibility index (Phi) is 5.32. The third-order valence-corrected chi connectivity index (χ3v) is 3.83. The molecule has 0 aromatic heterocycles. The van der Waals surface area contributed by atoms with Crippen molar-refractivity contribution in [2.75, 3.05) is 25.9 Å². The summed E-state index contributed by atoms with van der Waals surface area (Å²) in [6.07, 6.45) is 0.765. The molecule has 0 aliphatic carbocycles. The number of amides is 1. The van der Waals surface area contributed by atoms with Crippen molar-refractivity contribution in [2.45, 2.75) is 23.7 Å². The molecule has 0 radical (unpaired) electrons. The first-order valence-corrected chi connectivity index (χ1v) is 6.26. The lowest BCUT2D eigenvalue weighted by Gasteiger charge is -2.37. The topological polar surface area (TPSA) is 47.6 Å². The van der Waals surface area contributed by atoms with Gasteiger partial charge in [-0.2, -0.15) is 0 Å². The third kappa shape index (κ3) is 3.59. The van der Waals surface area contributed by atoms with Crippen LogP contribution in [0.2, 0.25) is 0 Å². The van der Waals surface area contributed by atoms with Crippen LogP contribution in [0.3, 0.4) is 0 Å². The Morgan fingerprint density at radius 1 is 1.60 bits per heavy atom.